The van der Waals surface area contributed by atoms with Crippen LogP contribution < -0.4 is 10.6 Å². The minimum atomic E-state index is 0.197. The van der Waals surface area contributed by atoms with Crippen LogP contribution in [-0.4, -0.2) is 53.7 Å². The number of piperazine rings is 1. The lowest BCUT2D eigenvalue weighted by atomic mass is 9.85. The van der Waals surface area contributed by atoms with Crippen LogP contribution in [0.1, 0.15) is 81.5 Å². The molecule has 7 heteroatoms. The van der Waals surface area contributed by atoms with E-state index in [4.69, 9.17) is 9.51 Å². The lowest BCUT2D eigenvalue weighted by molar-refractivity contribution is -0.122. The number of likely N-dealkylation sites (N-methyl/N-ethyl adjacent to an activating group) is 1. The number of rotatable bonds is 5. The molecule has 2 heterocycles. The van der Waals surface area contributed by atoms with Gasteiger partial charge in [-0.3, -0.25) is 9.69 Å². The van der Waals surface area contributed by atoms with Gasteiger partial charge in [0.1, 0.15) is 0 Å². The first-order valence-electron chi connectivity index (χ1n) is 10.7. The third-order valence-corrected chi connectivity index (χ3v) is 6.66. The molecule has 0 bridgehead atoms. The second-order valence-electron chi connectivity index (χ2n) is 8.66. The molecule has 4 rings (SSSR count). The van der Waals surface area contributed by atoms with Gasteiger partial charge in [0.2, 0.25) is 11.8 Å². The lowest BCUT2D eigenvalue weighted by Crippen LogP contribution is -2.44. The minimum absolute atomic E-state index is 0.197. The number of carbonyl (C=O) groups is 1. The van der Waals surface area contributed by atoms with Gasteiger partial charge in [-0.05, 0) is 51.5 Å². The molecule has 1 amide bonds. The largest absolute Gasteiger partial charge is 0.353 e. The molecule has 0 spiro atoms. The highest BCUT2D eigenvalue weighted by atomic mass is 16.5. The average Bonchev–Trinajstić information content (AvgIpc) is 3.35. The van der Waals surface area contributed by atoms with Gasteiger partial charge in [-0.1, -0.05) is 18.0 Å². The van der Waals surface area contributed by atoms with E-state index in [-0.39, 0.29) is 11.9 Å². The molecular formula is C20H33N5O2. The van der Waals surface area contributed by atoms with Gasteiger partial charge in [-0.25, -0.2) is 0 Å². The maximum absolute atomic E-state index is 12.3. The highest BCUT2D eigenvalue weighted by molar-refractivity contribution is 5.76. The molecule has 0 radical (unpaired) electrons. The van der Waals surface area contributed by atoms with Crippen LogP contribution >= 0.6 is 0 Å². The van der Waals surface area contributed by atoms with Crippen molar-refractivity contribution in [3.63, 3.8) is 0 Å². The fourth-order valence-electron chi connectivity index (χ4n) is 4.89. The van der Waals surface area contributed by atoms with Crippen LogP contribution in [-0.2, 0) is 4.79 Å². The summed E-state index contributed by atoms with van der Waals surface area (Å²) in [6.07, 6.45) is 9.79. The summed E-state index contributed by atoms with van der Waals surface area (Å²) in [5.41, 5.74) is 0. The van der Waals surface area contributed by atoms with Gasteiger partial charge in [-0.2, -0.15) is 4.98 Å². The summed E-state index contributed by atoms with van der Waals surface area (Å²) in [6.45, 7) is 2.88. The van der Waals surface area contributed by atoms with E-state index < -0.39 is 0 Å². The van der Waals surface area contributed by atoms with Crippen molar-refractivity contribution in [1.29, 1.82) is 0 Å². The highest BCUT2D eigenvalue weighted by Gasteiger charge is 2.30. The molecule has 7 nitrogen and oxygen atoms in total. The Morgan fingerprint density at radius 1 is 1.22 bits per heavy atom. The molecule has 1 saturated heterocycles. The Hall–Kier alpha value is -1.47. The van der Waals surface area contributed by atoms with E-state index in [2.05, 4.69) is 27.7 Å². The monoisotopic (exact) mass is 375 g/mol. The third-order valence-electron chi connectivity index (χ3n) is 6.66. The van der Waals surface area contributed by atoms with Crippen molar-refractivity contribution >= 4 is 5.91 Å². The van der Waals surface area contributed by atoms with E-state index in [0.29, 0.717) is 17.9 Å². The topological polar surface area (TPSA) is 83.3 Å². The van der Waals surface area contributed by atoms with Gasteiger partial charge in [0, 0.05) is 38.0 Å². The molecule has 0 aromatic carbocycles. The average molecular weight is 376 g/mol. The molecule has 27 heavy (non-hydrogen) atoms. The van der Waals surface area contributed by atoms with Gasteiger partial charge in [-0.15, -0.1) is 0 Å². The summed E-state index contributed by atoms with van der Waals surface area (Å²) >= 11 is 0. The smallest absolute Gasteiger partial charge is 0.229 e. The van der Waals surface area contributed by atoms with E-state index >= 15 is 0 Å². The summed E-state index contributed by atoms with van der Waals surface area (Å²) in [5.74, 6) is 2.77. The van der Waals surface area contributed by atoms with Gasteiger partial charge in [0.25, 0.3) is 0 Å². The SMILES string of the molecule is CN1CCNCC1c1noc(C2CCC(NC(=O)CC3CCCC3)CC2)n1. The third kappa shape index (κ3) is 4.69. The Kier molecular flexibility index (Phi) is 6.08. The van der Waals surface area contributed by atoms with Crippen molar-refractivity contribution in [3.05, 3.63) is 11.7 Å². The second kappa shape index (κ2) is 8.69. The molecular weight excluding hydrogens is 342 g/mol. The molecule has 1 aliphatic heterocycles. The van der Waals surface area contributed by atoms with Gasteiger partial charge in [0.15, 0.2) is 5.82 Å². The minimum Gasteiger partial charge on any atom is -0.353 e. The molecule has 150 valence electrons. The molecule has 1 atom stereocenters. The maximum atomic E-state index is 12.3. The first-order valence-corrected chi connectivity index (χ1v) is 10.7. The van der Waals surface area contributed by atoms with Crippen LogP contribution in [0.3, 0.4) is 0 Å². The normalized spacial score (nSPS) is 30.5. The number of hydrogen-bond donors (Lipinski definition) is 2. The van der Waals surface area contributed by atoms with Crippen LogP contribution in [0.5, 0.6) is 0 Å². The predicted molar refractivity (Wildman–Crippen MR) is 102 cm³/mol. The van der Waals surface area contributed by atoms with Gasteiger partial charge >= 0.3 is 0 Å². The van der Waals surface area contributed by atoms with Crippen LogP contribution in [0.25, 0.3) is 0 Å². The molecule has 2 saturated carbocycles. The zero-order valence-electron chi connectivity index (χ0n) is 16.5. The predicted octanol–water partition coefficient (Wildman–Crippen LogP) is 2.37. The molecule has 2 N–H and O–H groups in total. The van der Waals surface area contributed by atoms with Crippen molar-refractivity contribution in [2.45, 2.75) is 75.8 Å². The summed E-state index contributed by atoms with van der Waals surface area (Å²) in [5, 5.41) is 10.9. The van der Waals surface area contributed by atoms with E-state index in [9.17, 15) is 4.79 Å². The molecule has 1 aromatic rings. The van der Waals surface area contributed by atoms with Gasteiger partial charge in [0.05, 0.1) is 6.04 Å². The van der Waals surface area contributed by atoms with Gasteiger partial charge < -0.3 is 15.2 Å². The van der Waals surface area contributed by atoms with Crippen molar-refractivity contribution < 1.29 is 9.32 Å². The van der Waals surface area contributed by atoms with E-state index in [1.165, 1.54) is 25.7 Å². The molecule has 1 aromatic heterocycles. The van der Waals surface area contributed by atoms with Crippen LogP contribution in [0.15, 0.2) is 4.52 Å². The number of nitrogens with one attached hydrogen (secondary N) is 2. The molecule has 3 aliphatic rings. The fourth-order valence-corrected chi connectivity index (χ4v) is 4.89. The second-order valence-corrected chi connectivity index (χ2v) is 8.66. The van der Waals surface area contributed by atoms with Crippen molar-refractivity contribution in [2.24, 2.45) is 5.92 Å². The fraction of sp³-hybridized carbons (Fsp3) is 0.850. The number of aromatic nitrogens is 2. The zero-order chi connectivity index (χ0) is 18.6. The number of nitrogens with zero attached hydrogens (tertiary/aromatic N) is 3. The Morgan fingerprint density at radius 2 is 2.00 bits per heavy atom. The van der Waals surface area contributed by atoms with Crippen molar-refractivity contribution in [3.8, 4) is 0 Å². The van der Waals surface area contributed by atoms with Crippen LogP contribution in [0.4, 0.5) is 0 Å². The summed E-state index contributed by atoms with van der Waals surface area (Å²) in [4.78, 5) is 19.3. The Balaban J connectivity index is 1.25. The summed E-state index contributed by atoms with van der Waals surface area (Å²) < 4.78 is 5.61. The molecule has 1 unspecified atom stereocenters. The standard InChI is InChI=1S/C20H33N5O2/c1-25-11-10-21-13-17(25)19-23-20(27-24-19)15-6-8-16(9-7-15)22-18(26)12-14-4-2-3-5-14/h14-17,21H,2-13H2,1H3,(H,22,26). The van der Waals surface area contributed by atoms with Crippen molar-refractivity contribution in [1.82, 2.24) is 25.7 Å². The lowest BCUT2D eigenvalue weighted by Gasteiger charge is -2.30. The van der Waals surface area contributed by atoms with E-state index in [0.717, 1.165) is 63.5 Å². The number of amides is 1. The maximum Gasteiger partial charge on any atom is 0.229 e. The van der Waals surface area contributed by atoms with E-state index in [1.807, 2.05) is 0 Å². The highest BCUT2D eigenvalue weighted by Crippen LogP contribution is 2.33. The zero-order valence-corrected chi connectivity index (χ0v) is 16.5. The Morgan fingerprint density at radius 3 is 2.74 bits per heavy atom. The first-order chi connectivity index (χ1) is 13.2. The first kappa shape index (κ1) is 18.9. The number of carbonyl (C=O) groups excluding carboxylic acids is 1. The van der Waals surface area contributed by atoms with E-state index in [1.54, 1.807) is 0 Å². The quantitative estimate of drug-likeness (QED) is 0.822. The van der Waals surface area contributed by atoms with Crippen LogP contribution in [0.2, 0.25) is 0 Å². The van der Waals surface area contributed by atoms with Crippen molar-refractivity contribution in [2.75, 3.05) is 26.7 Å². The Labute approximate surface area is 161 Å². The Bertz CT molecular complexity index is 620. The molecule has 2 aliphatic carbocycles. The summed E-state index contributed by atoms with van der Waals surface area (Å²) in [7, 11) is 2.11. The van der Waals surface area contributed by atoms with Crippen LogP contribution in [0, 0.1) is 5.92 Å². The molecule has 3 fully saturated rings. The number of hydrogen-bond acceptors (Lipinski definition) is 6. The summed E-state index contributed by atoms with van der Waals surface area (Å²) in [6, 6.07) is 0.508.